The number of ketones is 1. The maximum Gasteiger partial charge on any atom is 0.247 e. The molecule has 0 unspecified atom stereocenters. The van der Waals surface area contributed by atoms with Crippen LogP contribution in [0, 0.1) is 11.6 Å². The van der Waals surface area contributed by atoms with Gasteiger partial charge in [0.2, 0.25) is 16.0 Å². The molecule has 0 amide bonds. The van der Waals surface area contributed by atoms with Gasteiger partial charge in [0.25, 0.3) is 0 Å². The first-order valence-electron chi connectivity index (χ1n) is 12.5. The van der Waals surface area contributed by atoms with Crippen molar-refractivity contribution in [2.75, 3.05) is 20.1 Å². The second kappa shape index (κ2) is 9.53. The quantitative estimate of drug-likeness (QED) is 0.467. The lowest BCUT2D eigenvalue weighted by molar-refractivity contribution is 0.0988. The number of hydrogen-bond acceptors (Lipinski definition) is 7. The Labute approximate surface area is 226 Å². The number of Topliss-reactive ketones (excluding diaryl/α,β-unsaturated/α-hetero) is 1. The van der Waals surface area contributed by atoms with E-state index in [1.807, 2.05) is 35.0 Å². The molecule has 0 aliphatic carbocycles. The minimum absolute atomic E-state index is 0.0426. The number of nitrogens with two attached hydrogens (primary N) is 1. The molecule has 0 saturated carbocycles. The van der Waals surface area contributed by atoms with E-state index in [0.717, 1.165) is 22.1 Å². The number of aliphatic imine (C=N–C) groups is 1. The van der Waals surface area contributed by atoms with E-state index < -0.39 is 31.9 Å². The monoisotopic (exact) mass is 556 g/mol. The van der Waals surface area contributed by atoms with Gasteiger partial charge in [0.05, 0.1) is 6.20 Å². The molecule has 5 rings (SSSR count). The first-order valence-corrected chi connectivity index (χ1v) is 13.9. The van der Waals surface area contributed by atoms with E-state index in [9.17, 15) is 17.6 Å². The zero-order valence-electron chi connectivity index (χ0n) is 21.9. The van der Waals surface area contributed by atoms with Crippen molar-refractivity contribution in [3.05, 3.63) is 89.0 Å². The summed E-state index contributed by atoms with van der Waals surface area (Å²) in [5, 5.41) is 0. The van der Waals surface area contributed by atoms with E-state index >= 15 is 4.39 Å². The third-order valence-electron chi connectivity index (χ3n) is 7.95. The van der Waals surface area contributed by atoms with Crippen LogP contribution in [0.4, 0.5) is 8.78 Å². The smallest absolute Gasteiger partial charge is 0.247 e. The lowest BCUT2D eigenvalue weighted by Gasteiger charge is -2.48. The van der Waals surface area contributed by atoms with Crippen LogP contribution in [0.3, 0.4) is 0 Å². The molecule has 2 atom stereocenters. The normalized spacial score (nSPS) is 24.7. The van der Waals surface area contributed by atoms with E-state index in [1.165, 1.54) is 31.3 Å². The molecule has 1 fully saturated rings. The number of likely N-dealkylation sites (tertiary alicyclic amines) is 1. The van der Waals surface area contributed by atoms with E-state index in [-0.39, 0.29) is 42.4 Å². The fourth-order valence-corrected chi connectivity index (χ4v) is 7.89. The molecule has 1 saturated heterocycles. The summed E-state index contributed by atoms with van der Waals surface area (Å²) >= 11 is 0. The molecule has 1 spiro atoms. The van der Waals surface area contributed by atoms with Crippen molar-refractivity contribution >= 4 is 21.8 Å². The molecular weight excluding hydrogens is 526 g/mol. The second-order valence-electron chi connectivity index (χ2n) is 10.4. The number of pyridine rings is 1. The zero-order valence-corrected chi connectivity index (χ0v) is 22.8. The number of hydrogen-bond donors (Lipinski definition) is 1. The molecule has 206 valence electrons. The molecule has 0 radical (unpaired) electrons. The van der Waals surface area contributed by atoms with Crippen LogP contribution in [-0.4, -0.2) is 63.8 Å². The molecule has 2 aromatic heterocycles. The molecule has 12 heteroatoms. The van der Waals surface area contributed by atoms with E-state index in [0.29, 0.717) is 18.7 Å². The summed E-state index contributed by atoms with van der Waals surface area (Å²) in [7, 11) is -0.804. The third kappa shape index (κ3) is 4.41. The highest BCUT2D eigenvalue weighted by Crippen LogP contribution is 2.51. The van der Waals surface area contributed by atoms with Gasteiger partial charge in [0.15, 0.2) is 5.78 Å². The average molecular weight is 557 g/mol. The van der Waals surface area contributed by atoms with Crippen LogP contribution in [0.2, 0.25) is 0 Å². The molecule has 1 aromatic carbocycles. The molecule has 39 heavy (non-hydrogen) atoms. The molecule has 2 aliphatic heterocycles. The first kappa shape index (κ1) is 26.9. The highest BCUT2D eigenvalue weighted by Gasteiger charge is 2.66. The van der Waals surface area contributed by atoms with Crippen molar-refractivity contribution in [3.63, 3.8) is 0 Å². The summed E-state index contributed by atoms with van der Waals surface area (Å²) in [6.45, 7) is 2.70. The van der Waals surface area contributed by atoms with Crippen LogP contribution in [0.1, 0.15) is 40.5 Å². The predicted octanol–water partition coefficient (Wildman–Crippen LogP) is 2.57. The Morgan fingerprint density at radius 1 is 1.13 bits per heavy atom. The lowest BCUT2D eigenvalue weighted by Crippen LogP contribution is -2.66. The minimum Gasteiger partial charge on any atom is -0.369 e. The Kier molecular flexibility index (Phi) is 6.58. The van der Waals surface area contributed by atoms with Gasteiger partial charge in [-0.1, -0.05) is 6.07 Å². The predicted molar refractivity (Wildman–Crippen MR) is 142 cm³/mol. The highest BCUT2D eigenvalue weighted by molar-refractivity contribution is 7.91. The van der Waals surface area contributed by atoms with E-state index in [4.69, 9.17) is 5.73 Å². The van der Waals surface area contributed by atoms with Crippen LogP contribution in [0.5, 0.6) is 0 Å². The fourth-order valence-electron chi connectivity index (χ4n) is 5.73. The van der Waals surface area contributed by atoms with Crippen molar-refractivity contribution in [1.29, 1.82) is 0 Å². The van der Waals surface area contributed by atoms with E-state index in [2.05, 4.69) is 9.98 Å². The lowest BCUT2D eigenvalue weighted by atomic mass is 9.77. The summed E-state index contributed by atoms with van der Waals surface area (Å²) in [5.41, 5.74) is 6.11. The van der Waals surface area contributed by atoms with Crippen molar-refractivity contribution < 1.29 is 22.0 Å². The fraction of sp³-hybridized carbons (Fsp3) is 0.370. The van der Waals surface area contributed by atoms with Gasteiger partial charge in [-0.25, -0.2) is 26.5 Å². The van der Waals surface area contributed by atoms with Crippen molar-refractivity contribution in [3.8, 4) is 0 Å². The van der Waals surface area contributed by atoms with Crippen LogP contribution < -0.4 is 5.73 Å². The van der Waals surface area contributed by atoms with Gasteiger partial charge in [0, 0.05) is 58.1 Å². The number of guanidine groups is 1. The number of rotatable bonds is 6. The van der Waals surface area contributed by atoms with Crippen molar-refractivity contribution in [2.24, 2.45) is 17.8 Å². The summed E-state index contributed by atoms with van der Waals surface area (Å²) in [6.07, 6.45) is 4.92. The van der Waals surface area contributed by atoms with Crippen LogP contribution in [0.15, 0.2) is 60.0 Å². The Balaban J connectivity index is 1.55. The Bertz CT molecular complexity index is 1570. The molecule has 4 heterocycles. The maximum absolute atomic E-state index is 15.6. The van der Waals surface area contributed by atoms with Gasteiger partial charge in [-0.05, 0) is 54.8 Å². The van der Waals surface area contributed by atoms with Crippen molar-refractivity contribution in [2.45, 2.75) is 36.6 Å². The summed E-state index contributed by atoms with van der Waals surface area (Å²) in [4.78, 5) is 23.3. The average Bonchev–Trinajstić information content (AvgIpc) is 3.51. The van der Waals surface area contributed by atoms with Crippen molar-refractivity contribution in [1.82, 2.24) is 18.8 Å². The van der Waals surface area contributed by atoms with E-state index in [1.54, 1.807) is 6.92 Å². The Morgan fingerprint density at radius 2 is 1.90 bits per heavy atom. The van der Waals surface area contributed by atoms with Gasteiger partial charge in [-0.2, -0.15) is 0 Å². The Morgan fingerprint density at radius 3 is 2.56 bits per heavy atom. The number of halogens is 2. The number of sulfonamides is 1. The molecule has 2 N–H and O–H groups in total. The topological polar surface area (TPSA) is 114 Å². The number of aromatic nitrogens is 2. The minimum atomic E-state index is -4.07. The number of carbonyl (C=O) groups is 1. The zero-order chi connectivity index (χ0) is 28.2. The number of nitrogens with zero attached hydrogens (tertiary/aromatic N) is 5. The van der Waals surface area contributed by atoms with Gasteiger partial charge in [0.1, 0.15) is 27.6 Å². The summed E-state index contributed by atoms with van der Waals surface area (Å²) in [6, 6.07) is 8.55. The van der Waals surface area contributed by atoms with Gasteiger partial charge in [-0.15, -0.1) is 0 Å². The molecular formula is C27H30F2N6O3S. The van der Waals surface area contributed by atoms with Crippen LogP contribution in [-0.2, 0) is 35.6 Å². The number of carbonyl (C=O) groups excluding carboxylic acids is 1. The number of benzene rings is 1. The standard InChI is InChI=1S/C27H30F2N6O3S/c1-26(21-12-18(4-6-22(21)29)13-24(36)23-7-5-20(28)14-31-23)27(39(37,38)34(3)25(30)32-26)9-11-35(17-27)16-19-8-10-33(2)15-19/h4-8,10,12,14-15H,9,11,13,16-17H2,1-3H3,(H2,30,32)/t26-,27-/m1/s1. The number of aryl methyl sites for hydroxylation is 1. The van der Waals surface area contributed by atoms with Crippen LogP contribution >= 0.6 is 0 Å². The second-order valence-corrected chi connectivity index (χ2v) is 12.7. The third-order valence-corrected chi connectivity index (χ3v) is 10.6. The van der Waals surface area contributed by atoms with Gasteiger partial charge in [-0.3, -0.25) is 14.7 Å². The largest absolute Gasteiger partial charge is 0.369 e. The molecule has 2 aliphatic rings. The SMILES string of the molecule is CN1C(N)=N[C@](C)(c2cc(CC(=O)c3ccc(F)cn3)ccc2F)[C@]2(CCN(Cc3ccn(C)c3)C2)S1(=O)=O. The molecule has 9 nitrogen and oxygen atoms in total. The molecule has 0 bridgehead atoms. The van der Waals surface area contributed by atoms with Gasteiger partial charge >= 0.3 is 0 Å². The molecule has 3 aromatic rings. The highest BCUT2D eigenvalue weighted by atomic mass is 32.2. The Hall–Kier alpha value is -3.64. The van der Waals surface area contributed by atoms with Gasteiger partial charge < -0.3 is 10.3 Å². The summed E-state index contributed by atoms with van der Waals surface area (Å²) in [5.74, 6) is -1.83. The maximum atomic E-state index is 15.6. The van der Waals surface area contributed by atoms with Crippen LogP contribution in [0.25, 0.3) is 0 Å². The first-order chi connectivity index (χ1) is 18.4. The summed E-state index contributed by atoms with van der Waals surface area (Å²) < 4.78 is 58.3.